The minimum Gasteiger partial charge on any atom is -0.347 e. The standard InChI is InChI=1S/C12H20BrN3S/c1-2-11-10-17-12(14-11)16-6-3-5-15(7-4-13)8-9-16/h10H,2-9H2,1H3. The molecule has 0 unspecified atom stereocenters. The molecular weight excluding hydrogens is 298 g/mol. The maximum Gasteiger partial charge on any atom is 0.185 e. The van der Waals surface area contributed by atoms with E-state index in [-0.39, 0.29) is 0 Å². The molecule has 0 aliphatic carbocycles. The summed E-state index contributed by atoms with van der Waals surface area (Å²) in [5.41, 5.74) is 1.23. The van der Waals surface area contributed by atoms with Crippen LogP contribution in [0, 0.1) is 0 Å². The average Bonchev–Trinajstić information content (AvgIpc) is 2.70. The lowest BCUT2D eigenvalue weighted by molar-refractivity contribution is 0.313. The number of aromatic nitrogens is 1. The molecule has 1 fully saturated rings. The molecule has 1 aromatic rings. The molecule has 17 heavy (non-hydrogen) atoms. The van der Waals surface area contributed by atoms with Crippen LogP contribution in [0.2, 0.25) is 0 Å². The molecule has 0 saturated carbocycles. The minimum absolute atomic E-state index is 1.04. The molecule has 0 amide bonds. The number of alkyl halides is 1. The number of hydrogen-bond acceptors (Lipinski definition) is 4. The molecule has 3 nitrogen and oxygen atoms in total. The fraction of sp³-hybridized carbons (Fsp3) is 0.750. The molecule has 0 aromatic carbocycles. The Bertz CT molecular complexity index is 342. The molecule has 0 N–H and O–H groups in total. The second kappa shape index (κ2) is 6.71. The zero-order chi connectivity index (χ0) is 12.1. The third kappa shape index (κ3) is 3.66. The Kier molecular flexibility index (Phi) is 5.25. The molecule has 5 heteroatoms. The SMILES string of the molecule is CCc1csc(N2CCCN(CCBr)CC2)n1. The topological polar surface area (TPSA) is 19.4 Å². The minimum atomic E-state index is 1.04. The van der Waals surface area contributed by atoms with Crippen LogP contribution in [0.15, 0.2) is 5.38 Å². The fourth-order valence-corrected chi connectivity index (χ4v) is 3.57. The Labute approximate surface area is 116 Å². The first-order chi connectivity index (χ1) is 8.33. The molecule has 1 saturated heterocycles. The lowest BCUT2D eigenvalue weighted by atomic mass is 10.4. The second-order valence-corrected chi connectivity index (χ2v) is 5.98. The molecule has 96 valence electrons. The van der Waals surface area contributed by atoms with E-state index in [0.29, 0.717) is 0 Å². The Morgan fingerprint density at radius 3 is 2.94 bits per heavy atom. The Balaban J connectivity index is 1.93. The molecule has 1 aromatic heterocycles. The van der Waals surface area contributed by atoms with E-state index in [9.17, 15) is 0 Å². The average molecular weight is 318 g/mol. The summed E-state index contributed by atoms with van der Waals surface area (Å²) >= 11 is 5.31. The van der Waals surface area contributed by atoms with Gasteiger partial charge in [0.05, 0.1) is 5.69 Å². The van der Waals surface area contributed by atoms with Crippen molar-refractivity contribution in [3.8, 4) is 0 Å². The predicted octanol–water partition coefficient (Wildman–Crippen LogP) is 2.61. The van der Waals surface area contributed by atoms with Crippen LogP contribution >= 0.6 is 27.3 Å². The van der Waals surface area contributed by atoms with Gasteiger partial charge in [0, 0.05) is 36.9 Å². The van der Waals surface area contributed by atoms with Gasteiger partial charge in [-0.1, -0.05) is 22.9 Å². The summed E-state index contributed by atoms with van der Waals surface area (Å²) in [4.78, 5) is 9.66. The number of aryl methyl sites for hydroxylation is 1. The van der Waals surface area contributed by atoms with Crippen molar-refractivity contribution < 1.29 is 0 Å². The van der Waals surface area contributed by atoms with E-state index in [2.05, 4.69) is 43.0 Å². The lowest BCUT2D eigenvalue weighted by Crippen LogP contribution is -2.31. The highest BCUT2D eigenvalue weighted by molar-refractivity contribution is 9.09. The largest absolute Gasteiger partial charge is 0.347 e. The molecular formula is C12H20BrN3S. The predicted molar refractivity (Wildman–Crippen MR) is 78.6 cm³/mol. The van der Waals surface area contributed by atoms with Crippen molar-refractivity contribution in [2.24, 2.45) is 0 Å². The zero-order valence-corrected chi connectivity index (χ0v) is 12.8. The first-order valence-corrected chi connectivity index (χ1v) is 8.31. The third-order valence-electron chi connectivity index (χ3n) is 3.16. The van der Waals surface area contributed by atoms with Crippen LogP contribution < -0.4 is 4.90 Å². The van der Waals surface area contributed by atoms with E-state index >= 15 is 0 Å². The molecule has 0 spiro atoms. The van der Waals surface area contributed by atoms with Crippen molar-refractivity contribution in [3.63, 3.8) is 0 Å². The van der Waals surface area contributed by atoms with Crippen LogP contribution in [0.5, 0.6) is 0 Å². The van der Waals surface area contributed by atoms with Crippen molar-refractivity contribution in [3.05, 3.63) is 11.1 Å². The normalized spacial score (nSPS) is 18.4. The van der Waals surface area contributed by atoms with Gasteiger partial charge in [-0.3, -0.25) is 0 Å². The number of rotatable bonds is 4. The second-order valence-electron chi connectivity index (χ2n) is 4.35. The van der Waals surface area contributed by atoms with Crippen LogP contribution in [0.3, 0.4) is 0 Å². The van der Waals surface area contributed by atoms with Crippen LogP contribution in [0.4, 0.5) is 5.13 Å². The van der Waals surface area contributed by atoms with Gasteiger partial charge in [-0.05, 0) is 19.4 Å². The smallest absolute Gasteiger partial charge is 0.185 e. The summed E-state index contributed by atoms with van der Waals surface area (Å²) < 4.78 is 0. The van der Waals surface area contributed by atoms with Gasteiger partial charge in [0.1, 0.15) is 0 Å². The summed E-state index contributed by atoms with van der Waals surface area (Å²) in [6.07, 6.45) is 2.29. The highest BCUT2D eigenvalue weighted by atomic mass is 79.9. The number of anilines is 1. The van der Waals surface area contributed by atoms with Gasteiger partial charge < -0.3 is 9.80 Å². The molecule has 0 radical (unpaired) electrons. The quantitative estimate of drug-likeness (QED) is 0.796. The van der Waals surface area contributed by atoms with Crippen LogP contribution in [-0.4, -0.2) is 47.9 Å². The fourth-order valence-electron chi connectivity index (χ4n) is 2.11. The van der Waals surface area contributed by atoms with E-state index in [4.69, 9.17) is 0 Å². The maximum absolute atomic E-state index is 4.68. The van der Waals surface area contributed by atoms with Gasteiger partial charge in [0.2, 0.25) is 0 Å². The Morgan fingerprint density at radius 2 is 2.24 bits per heavy atom. The number of nitrogens with zero attached hydrogens (tertiary/aromatic N) is 3. The number of thiazole rings is 1. The molecule has 1 aliphatic rings. The van der Waals surface area contributed by atoms with E-state index in [1.54, 1.807) is 11.3 Å². The van der Waals surface area contributed by atoms with E-state index in [1.165, 1.54) is 23.8 Å². The lowest BCUT2D eigenvalue weighted by Gasteiger charge is -2.20. The zero-order valence-electron chi connectivity index (χ0n) is 10.4. The van der Waals surface area contributed by atoms with Crippen LogP contribution in [0.25, 0.3) is 0 Å². The molecule has 2 rings (SSSR count). The Morgan fingerprint density at radius 1 is 1.35 bits per heavy atom. The van der Waals surface area contributed by atoms with Crippen LogP contribution in [-0.2, 0) is 6.42 Å². The number of hydrogen-bond donors (Lipinski definition) is 0. The first-order valence-electron chi connectivity index (χ1n) is 6.31. The molecule has 2 heterocycles. The third-order valence-corrected chi connectivity index (χ3v) is 4.47. The Hall–Kier alpha value is -0.130. The van der Waals surface area contributed by atoms with Gasteiger partial charge in [-0.15, -0.1) is 11.3 Å². The summed E-state index contributed by atoms with van der Waals surface area (Å²) in [6, 6.07) is 0. The molecule has 0 bridgehead atoms. The van der Waals surface area contributed by atoms with Gasteiger partial charge in [0.25, 0.3) is 0 Å². The highest BCUT2D eigenvalue weighted by Crippen LogP contribution is 2.22. The van der Waals surface area contributed by atoms with Gasteiger partial charge >= 0.3 is 0 Å². The maximum atomic E-state index is 4.68. The van der Waals surface area contributed by atoms with Crippen molar-refractivity contribution in [1.29, 1.82) is 0 Å². The molecule has 0 atom stereocenters. The van der Waals surface area contributed by atoms with Gasteiger partial charge in [-0.2, -0.15) is 0 Å². The monoisotopic (exact) mass is 317 g/mol. The summed E-state index contributed by atoms with van der Waals surface area (Å²) in [6.45, 7) is 7.96. The summed E-state index contributed by atoms with van der Waals surface area (Å²) in [7, 11) is 0. The summed E-state index contributed by atoms with van der Waals surface area (Å²) in [5.74, 6) is 0. The van der Waals surface area contributed by atoms with E-state index in [1.807, 2.05) is 0 Å². The number of halogens is 1. The molecule has 1 aliphatic heterocycles. The van der Waals surface area contributed by atoms with E-state index in [0.717, 1.165) is 37.9 Å². The van der Waals surface area contributed by atoms with Crippen molar-refractivity contribution in [1.82, 2.24) is 9.88 Å². The van der Waals surface area contributed by atoms with Crippen LogP contribution in [0.1, 0.15) is 19.0 Å². The van der Waals surface area contributed by atoms with Crippen molar-refractivity contribution in [2.45, 2.75) is 19.8 Å². The van der Waals surface area contributed by atoms with Crippen molar-refractivity contribution >= 4 is 32.4 Å². The van der Waals surface area contributed by atoms with Gasteiger partial charge in [-0.25, -0.2) is 4.98 Å². The van der Waals surface area contributed by atoms with E-state index < -0.39 is 0 Å². The van der Waals surface area contributed by atoms with Gasteiger partial charge in [0.15, 0.2) is 5.13 Å². The highest BCUT2D eigenvalue weighted by Gasteiger charge is 2.16. The first kappa shape index (κ1) is 13.3. The van der Waals surface area contributed by atoms with Crippen molar-refractivity contribution in [2.75, 3.05) is 43.0 Å². The summed E-state index contributed by atoms with van der Waals surface area (Å²) in [5, 5.41) is 4.48.